The van der Waals surface area contributed by atoms with Crippen LogP contribution in [0.1, 0.15) is 42.6 Å². The molecule has 3 aromatic rings. The van der Waals surface area contributed by atoms with E-state index in [1.54, 1.807) is 49.6 Å². The number of nitrogen functional groups attached to an aromatic ring is 1. The quantitative estimate of drug-likeness (QED) is 0.440. The third-order valence-corrected chi connectivity index (χ3v) is 5.97. The highest BCUT2D eigenvalue weighted by molar-refractivity contribution is 6.08. The number of amides is 1. The summed E-state index contributed by atoms with van der Waals surface area (Å²) in [6.45, 7) is 5.76. The van der Waals surface area contributed by atoms with Gasteiger partial charge in [-0.1, -0.05) is 12.1 Å². The summed E-state index contributed by atoms with van der Waals surface area (Å²) in [4.78, 5) is 25.1. The lowest BCUT2D eigenvalue weighted by atomic mass is 9.94. The van der Waals surface area contributed by atoms with Gasteiger partial charge < -0.3 is 29.7 Å². The van der Waals surface area contributed by atoms with Crippen LogP contribution < -0.4 is 21.4 Å². The molecule has 1 amide bonds. The molecule has 1 saturated heterocycles. The number of nitrogens with two attached hydrogens (primary N) is 1. The highest BCUT2D eigenvalue weighted by atomic mass is 16.7. The third kappa shape index (κ3) is 4.58. The highest BCUT2D eigenvalue weighted by Gasteiger charge is 2.39. The number of hydrogen-bond acceptors (Lipinski definition) is 7. The second-order valence-corrected chi connectivity index (χ2v) is 8.67. The van der Waals surface area contributed by atoms with Crippen LogP contribution in [0, 0.1) is 6.92 Å². The Hall–Kier alpha value is -3.36. The summed E-state index contributed by atoms with van der Waals surface area (Å²) in [5.74, 6) is 0.0824. The second kappa shape index (κ2) is 8.88. The Bertz CT molecular complexity index is 1250. The topological polar surface area (TPSA) is 113 Å². The lowest BCUT2D eigenvalue weighted by molar-refractivity contribution is -0.233. The van der Waals surface area contributed by atoms with Crippen LogP contribution in [0.5, 0.6) is 5.75 Å². The monoisotopic (exact) mass is 452 g/mol. The number of aryl methyl sites for hydroxylation is 1. The summed E-state index contributed by atoms with van der Waals surface area (Å²) in [5.41, 5.74) is 6.41. The van der Waals surface area contributed by atoms with Crippen molar-refractivity contribution in [3.8, 4) is 5.75 Å². The zero-order valence-electron chi connectivity index (χ0n) is 19.1. The van der Waals surface area contributed by atoms with Crippen LogP contribution >= 0.6 is 0 Å². The van der Waals surface area contributed by atoms with Crippen molar-refractivity contribution in [2.45, 2.75) is 51.6 Å². The Kier molecular flexibility index (Phi) is 6.14. The molecule has 4 rings (SSSR count). The van der Waals surface area contributed by atoms with Crippen molar-refractivity contribution < 1.29 is 23.4 Å². The van der Waals surface area contributed by atoms with Crippen LogP contribution in [-0.2, 0) is 9.47 Å². The molecule has 3 N–H and O–H groups in total. The molecule has 0 radical (unpaired) electrons. The number of carbonyl (C=O) groups excluding carboxylic acids is 1. The fourth-order valence-corrected chi connectivity index (χ4v) is 4.15. The maximum absolute atomic E-state index is 12.6. The van der Waals surface area contributed by atoms with E-state index in [0.29, 0.717) is 34.4 Å². The van der Waals surface area contributed by atoms with E-state index < -0.39 is 23.4 Å². The standard InChI is InChI=1S/C25H28N2O6/c1-14-19(31-21-12-11-20(30-4)25(2,3)33-21)10-9-15-13-18(24(29)32-22(14)15)27-23(28)16-7-5-6-8-17(16)26/h5-10,13,20-21H,11-12,26H2,1-4H3,(H,27,28). The number of rotatable bonds is 5. The fraction of sp³-hybridized carbons (Fsp3) is 0.360. The number of para-hydroxylation sites is 1. The lowest BCUT2D eigenvalue weighted by Gasteiger charge is -2.41. The third-order valence-electron chi connectivity index (χ3n) is 5.97. The molecule has 1 aromatic heterocycles. The van der Waals surface area contributed by atoms with Gasteiger partial charge in [0.15, 0.2) is 0 Å². The molecule has 0 bridgehead atoms. The van der Waals surface area contributed by atoms with Crippen molar-refractivity contribution >= 4 is 28.3 Å². The number of methoxy groups -OCH3 is 1. The maximum Gasteiger partial charge on any atom is 0.360 e. The Morgan fingerprint density at radius 2 is 1.94 bits per heavy atom. The van der Waals surface area contributed by atoms with Crippen LogP contribution in [0.3, 0.4) is 0 Å². The number of nitrogens with one attached hydrogen (secondary N) is 1. The summed E-state index contributed by atoms with van der Waals surface area (Å²) < 4.78 is 23.3. The van der Waals surface area contributed by atoms with E-state index in [2.05, 4.69) is 5.32 Å². The number of hydrogen-bond donors (Lipinski definition) is 2. The molecule has 2 atom stereocenters. The molecule has 33 heavy (non-hydrogen) atoms. The molecule has 0 aliphatic carbocycles. The smallest absolute Gasteiger partial charge is 0.360 e. The van der Waals surface area contributed by atoms with Gasteiger partial charge in [-0.15, -0.1) is 0 Å². The predicted octanol–water partition coefficient (Wildman–Crippen LogP) is 4.24. The molecular formula is C25H28N2O6. The zero-order chi connectivity index (χ0) is 23.8. The number of anilines is 2. The van der Waals surface area contributed by atoms with Gasteiger partial charge in [0.2, 0.25) is 6.29 Å². The van der Waals surface area contributed by atoms with Gasteiger partial charge in [0.25, 0.3) is 5.91 Å². The van der Waals surface area contributed by atoms with Crippen LogP contribution in [0.2, 0.25) is 0 Å². The number of fused-ring (bicyclic) bond motifs is 1. The minimum absolute atomic E-state index is 0.00654. The molecule has 0 spiro atoms. The molecular weight excluding hydrogens is 424 g/mol. The molecule has 174 valence electrons. The van der Waals surface area contributed by atoms with Crippen LogP contribution in [0.15, 0.2) is 51.7 Å². The first kappa shape index (κ1) is 22.8. The van der Waals surface area contributed by atoms with Gasteiger partial charge in [-0.25, -0.2) is 4.79 Å². The Balaban J connectivity index is 1.57. The average molecular weight is 453 g/mol. The van der Waals surface area contributed by atoms with E-state index >= 15 is 0 Å². The molecule has 8 nitrogen and oxygen atoms in total. The maximum atomic E-state index is 12.6. The first-order chi connectivity index (χ1) is 15.7. The summed E-state index contributed by atoms with van der Waals surface area (Å²) in [6.07, 6.45) is 1.04. The summed E-state index contributed by atoms with van der Waals surface area (Å²) in [7, 11) is 1.68. The zero-order valence-corrected chi connectivity index (χ0v) is 19.1. The number of ether oxygens (including phenoxy) is 3. The first-order valence-corrected chi connectivity index (χ1v) is 10.8. The summed E-state index contributed by atoms with van der Waals surface area (Å²) in [6, 6.07) is 11.8. The minimum Gasteiger partial charge on any atom is -0.465 e. The molecule has 2 unspecified atom stereocenters. The lowest BCUT2D eigenvalue weighted by Crippen LogP contribution is -2.49. The molecule has 0 saturated carbocycles. The van der Waals surface area contributed by atoms with E-state index in [4.69, 9.17) is 24.4 Å². The van der Waals surface area contributed by atoms with Gasteiger partial charge in [0, 0.05) is 30.2 Å². The number of benzene rings is 2. The van der Waals surface area contributed by atoms with Gasteiger partial charge in [-0.05, 0) is 57.5 Å². The van der Waals surface area contributed by atoms with E-state index in [1.807, 2.05) is 20.8 Å². The van der Waals surface area contributed by atoms with E-state index in [0.717, 1.165) is 6.42 Å². The second-order valence-electron chi connectivity index (χ2n) is 8.67. The van der Waals surface area contributed by atoms with Gasteiger partial charge in [0.1, 0.15) is 17.0 Å². The Morgan fingerprint density at radius 1 is 1.18 bits per heavy atom. The van der Waals surface area contributed by atoms with Gasteiger partial charge >= 0.3 is 5.63 Å². The fourth-order valence-electron chi connectivity index (χ4n) is 4.15. The van der Waals surface area contributed by atoms with Crippen molar-refractivity contribution in [1.29, 1.82) is 0 Å². The normalized spacial score (nSPS) is 19.9. The van der Waals surface area contributed by atoms with Gasteiger partial charge in [-0.2, -0.15) is 0 Å². The molecule has 1 fully saturated rings. The van der Waals surface area contributed by atoms with Gasteiger partial charge in [0.05, 0.1) is 17.3 Å². The Labute approximate surface area is 191 Å². The van der Waals surface area contributed by atoms with Crippen LogP contribution in [0.4, 0.5) is 11.4 Å². The van der Waals surface area contributed by atoms with Crippen molar-refractivity contribution in [3.63, 3.8) is 0 Å². The van der Waals surface area contributed by atoms with Crippen molar-refractivity contribution in [3.05, 3.63) is 64.0 Å². The van der Waals surface area contributed by atoms with Crippen LogP contribution in [-0.4, -0.2) is 31.0 Å². The van der Waals surface area contributed by atoms with Crippen molar-refractivity contribution in [1.82, 2.24) is 0 Å². The Morgan fingerprint density at radius 3 is 2.64 bits per heavy atom. The van der Waals surface area contributed by atoms with Gasteiger partial charge in [-0.3, -0.25) is 4.79 Å². The first-order valence-electron chi connectivity index (χ1n) is 10.8. The molecule has 1 aliphatic rings. The SMILES string of the molecule is COC1CCC(Oc2ccc3cc(NC(=O)c4ccccc4N)c(=O)oc3c2C)OC1(C)C. The van der Waals surface area contributed by atoms with E-state index in [9.17, 15) is 9.59 Å². The van der Waals surface area contributed by atoms with E-state index in [-0.39, 0.29) is 17.4 Å². The summed E-state index contributed by atoms with van der Waals surface area (Å²) in [5, 5.41) is 3.24. The van der Waals surface area contributed by atoms with Crippen molar-refractivity contribution in [2.24, 2.45) is 0 Å². The molecule has 1 aliphatic heterocycles. The molecule has 2 heterocycles. The summed E-state index contributed by atoms with van der Waals surface area (Å²) >= 11 is 0. The van der Waals surface area contributed by atoms with Crippen LogP contribution in [0.25, 0.3) is 11.0 Å². The molecule has 8 heteroatoms. The number of carbonyl (C=O) groups is 1. The van der Waals surface area contributed by atoms with E-state index in [1.165, 1.54) is 0 Å². The minimum atomic E-state index is -0.663. The van der Waals surface area contributed by atoms with Crippen molar-refractivity contribution in [2.75, 3.05) is 18.2 Å². The largest absolute Gasteiger partial charge is 0.465 e. The average Bonchev–Trinajstić information content (AvgIpc) is 2.76. The molecule has 2 aromatic carbocycles. The predicted molar refractivity (Wildman–Crippen MR) is 126 cm³/mol. The highest BCUT2D eigenvalue weighted by Crippen LogP contribution is 2.34.